The molecule has 1 aliphatic heterocycles. The summed E-state index contributed by atoms with van der Waals surface area (Å²) in [5.74, 6) is 1.09. The summed E-state index contributed by atoms with van der Waals surface area (Å²) in [4.78, 5) is 7.82. The standard InChI is InChI=1S/C22H23ClN4OS2/c1-3-4-5-11-27-14(2)18(21-25-20(26-28-21)17-10-7-12-30-17)19(24-22(27)29)15-8-6-9-16(23)13-15/h6-10,12-13,19H,3-5,11H2,1-2H3,(H,24,29). The highest BCUT2D eigenvalue weighted by Gasteiger charge is 2.34. The van der Waals surface area contributed by atoms with Crippen molar-refractivity contribution in [3.8, 4) is 10.7 Å². The van der Waals surface area contributed by atoms with Crippen molar-refractivity contribution in [1.29, 1.82) is 0 Å². The van der Waals surface area contributed by atoms with Crippen molar-refractivity contribution in [1.82, 2.24) is 20.4 Å². The third kappa shape index (κ3) is 4.29. The molecule has 0 saturated carbocycles. The van der Waals surface area contributed by atoms with Crippen molar-refractivity contribution in [3.63, 3.8) is 0 Å². The van der Waals surface area contributed by atoms with Crippen LogP contribution < -0.4 is 5.32 Å². The Balaban J connectivity index is 1.77. The van der Waals surface area contributed by atoms with E-state index in [1.807, 2.05) is 41.8 Å². The number of benzene rings is 1. The van der Waals surface area contributed by atoms with Crippen molar-refractivity contribution < 1.29 is 4.52 Å². The molecule has 0 fully saturated rings. The number of hydrogen-bond acceptors (Lipinski definition) is 5. The molecule has 1 aromatic carbocycles. The van der Waals surface area contributed by atoms with E-state index >= 15 is 0 Å². The third-order valence-electron chi connectivity index (χ3n) is 5.16. The summed E-state index contributed by atoms with van der Waals surface area (Å²) in [6.07, 6.45) is 3.38. The summed E-state index contributed by atoms with van der Waals surface area (Å²) in [6.45, 7) is 5.12. The van der Waals surface area contributed by atoms with E-state index in [1.54, 1.807) is 11.3 Å². The van der Waals surface area contributed by atoms with Crippen LogP contribution in [0.25, 0.3) is 16.3 Å². The second kappa shape index (κ2) is 9.29. The van der Waals surface area contributed by atoms with Gasteiger partial charge >= 0.3 is 0 Å². The zero-order valence-electron chi connectivity index (χ0n) is 16.9. The molecular formula is C22H23ClN4OS2. The maximum absolute atomic E-state index is 6.28. The van der Waals surface area contributed by atoms with Gasteiger partial charge in [0.1, 0.15) is 0 Å². The molecule has 3 aromatic rings. The van der Waals surface area contributed by atoms with E-state index in [0.717, 1.165) is 47.5 Å². The molecule has 0 aliphatic carbocycles. The minimum atomic E-state index is -0.213. The van der Waals surface area contributed by atoms with Gasteiger partial charge in [-0.05, 0) is 54.7 Å². The first-order valence-electron chi connectivity index (χ1n) is 10.0. The fourth-order valence-corrected chi connectivity index (χ4v) is 4.82. The van der Waals surface area contributed by atoms with Gasteiger partial charge in [-0.2, -0.15) is 4.98 Å². The van der Waals surface area contributed by atoms with Crippen LogP contribution in [0.15, 0.2) is 52.0 Å². The first-order valence-corrected chi connectivity index (χ1v) is 11.7. The molecule has 1 N–H and O–H groups in total. The van der Waals surface area contributed by atoms with Gasteiger partial charge in [-0.15, -0.1) is 11.3 Å². The van der Waals surface area contributed by atoms with Gasteiger partial charge in [0.25, 0.3) is 5.89 Å². The number of allylic oxidation sites excluding steroid dienone is 1. The lowest BCUT2D eigenvalue weighted by Crippen LogP contribution is -2.46. The molecule has 8 heteroatoms. The Kier molecular flexibility index (Phi) is 6.51. The molecule has 0 spiro atoms. The van der Waals surface area contributed by atoms with Crippen LogP contribution in [0.4, 0.5) is 0 Å². The molecule has 0 saturated heterocycles. The average molecular weight is 459 g/mol. The molecule has 5 nitrogen and oxygen atoms in total. The maximum Gasteiger partial charge on any atom is 0.258 e. The molecule has 156 valence electrons. The van der Waals surface area contributed by atoms with Gasteiger partial charge in [0.05, 0.1) is 16.5 Å². The summed E-state index contributed by atoms with van der Waals surface area (Å²) < 4.78 is 5.73. The first-order chi connectivity index (χ1) is 14.6. The predicted molar refractivity (Wildman–Crippen MR) is 126 cm³/mol. The number of halogens is 1. The number of aromatic nitrogens is 2. The van der Waals surface area contributed by atoms with Gasteiger partial charge < -0.3 is 14.7 Å². The predicted octanol–water partition coefficient (Wildman–Crippen LogP) is 6.30. The molecular weight excluding hydrogens is 436 g/mol. The number of nitrogens with zero attached hydrogens (tertiary/aromatic N) is 3. The number of unbranched alkanes of at least 4 members (excludes halogenated alkanes) is 2. The maximum atomic E-state index is 6.28. The number of thiophene rings is 1. The highest BCUT2D eigenvalue weighted by molar-refractivity contribution is 7.80. The van der Waals surface area contributed by atoms with E-state index in [1.165, 1.54) is 0 Å². The lowest BCUT2D eigenvalue weighted by molar-refractivity contribution is 0.395. The van der Waals surface area contributed by atoms with Crippen molar-refractivity contribution in [2.75, 3.05) is 6.54 Å². The third-order valence-corrected chi connectivity index (χ3v) is 6.60. The zero-order valence-corrected chi connectivity index (χ0v) is 19.3. The lowest BCUT2D eigenvalue weighted by atomic mass is 9.94. The quantitative estimate of drug-likeness (QED) is 0.331. The van der Waals surface area contributed by atoms with E-state index in [9.17, 15) is 0 Å². The highest BCUT2D eigenvalue weighted by Crippen LogP contribution is 2.38. The monoisotopic (exact) mass is 458 g/mol. The van der Waals surface area contributed by atoms with Gasteiger partial charge in [-0.1, -0.05) is 54.7 Å². The largest absolute Gasteiger partial charge is 0.351 e. The summed E-state index contributed by atoms with van der Waals surface area (Å²) in [7, 11) is 0. The lowest BCUT2D eigenvalue weighted by Gasteiger charge is -2.37. The van der Waals surface area contributed by atoms with E-state index in [4.69, 9.17) is 33.3 Å². The van der Waals surface area contributed by atoms with Crippen LogP contribution in [0.2, 0.25) is 5.02 Å². The second-order valence-corrected chi connectivity index (χ2v) is 8.97. The number of thiocarbonyl (C=S) groups is 1. The Labute approximate surface area is 190 Å². The van der Waals surface area contributed by atoms with Crippen molar-refractivity contribution in [2.24, 2.45) is 0 Å². The summed E-state index contributed by atoms with van der Waals surface area (Å²) in [5, 5.41) is 11.1. The Hall–Kier alpha value is -2.22. The minimum absolute atomic E-state index is 0.213. The Morgan fingerprint density at radius 1 is 1.27 bits per heavy atom. The highest BCUT2D eigenvalue weighted by atomic mass is 35.5. The van der Waals surface area contributed by atoms with Crippen LogP contribution in [-0.4, -0.2) is 26.7 Å². The van der Waals surface area contributed by atoms with Gasteiger partial charge in [-0.3, -0.25) is 0 Å². The van der Waals surface area contributed by atoms with Gasteiger partial charge in [0.15, 0.2) is 5.11 Å². The normalized spacial score (nSPS) is 16.8. The van der Waals surface area contributed by atoms with Crippen LogP contribution in [0.5, 0.6) is 0 Å². The smallest absolute Gasteiger partial charge is 0.258 e. The average Bonchev–Trinajstić information content (AvgIpc) is 3.42. The van der Waals surface area contributed by atoms with Crippen LogP contribution >= 0.6 is 35.2 Å². The Morgan fingerprint density at radius 2 is 2.13 bits per heavy atom. The molecule has 1 atom stereocenters. The Morgan fingerprint density at radius 3 is 2.87 bits per heavy atom. The topological polar surface area (TPSA) is 54.2 Å². The summed E-state index contributed by atoms with van der Waals surface area (Å²) in [5.41, 5.74) is 2.96. The van der Waals surface area contributed by atoms with E-state index in [2.05, 4.69) is 29.2 Å². The minimum Gasteiger partial charge on any atom is -0.351 e. The fourth-order valence-electron chi connectivity index (χ4n) is 3.62. The van der Waals surface area contributed by atoms with Gasteiger partial charge in [0.2, 0.25) is 5.82 Å². The zero-order chi connectivity index (χ0) is 21.1. The van der Waals surface area contributed by atoms with Crippen molar-refractivity contribution >= 4 is 45.8 Å². The van der Waals surface area contributed by atoms with Crippen molar-refractivity contribution in [2.45, 2.75) is 39.2 Å². The molecule has 0 radical (unpaired) electrons. The SMILES string of the molecule is CCCCCN1C(=S)NC(c2cccc(Cl)c2)C(c2nc(-c3cccs3)no2)=C1C. The first kappa shape index (κ1) is 21.0. The summed E-state index contributed by atoms with van der Waals surface area (Å²) >= 11 is 13.6. The molecule has 4 rings (SSSR count). The molecule has 1 unspecified atom stereocenters. The van der Waals surface area contributed by atoms with Crippen LogP contribution in [0, 0.1) is 0 Å². The Bertz CT molecular complexity index is 1060. The van der Waals surface area contributed by atoms with Gasteiger partial charge in [0, 0.05) is 17.3 Å². The molecule has 3 heterocycles. The molecule has 0 bridgehead atoms. The van der Waals surface area contributed by atoms with E-state index < -0.39 is 0 Å². The number of hydrogen-bond donors (Lipinski definition) is 1. The van der Waals surface area contributed by atoms with E-state index in [-0.39, 0.29) is 6.04 Å². The van der Waals surface area contributed by atoms with Crippen LogP contribution in [0.3, 0.4) is 0 Å². The number of nitrogens with one attached hydrogen (secondary N) is 1. The fraction of sp³-hybridized carbons (Fsp3) is 0.318. The van der Waals surface area contributed by atoms with E-state index in [0.29, 0.717) is 21.9 Å². The number of rotatable bonds is 7. The molecule has 1 aliphatic rings. The van der Waals surface area contributed by atoms with Crippen molar-refractivity contribution in [3.05, 3.63) is 64.0 Å². The molecule has 30 heavy (non-hydrogen) atoms. The molecule has 2 aromatic heterocycles. The van der Waals surface area contributed by atoms with Crippen LogP contribution in [-0.2, 0) is 0 Å². The van der Waals surface area contributed by atoms with Gasteiger partial charge in [-0.25, -0.2) is 0 Å². The second-order valence-electron chi connectivity index (χ2n) is 7.20. The summed E-state index contributed by atoms with van der Waals surface area (Å²) in [6, 6.07) is 11.5. The molecule has 0 amide bonds. The van der Waals surface area contributed by atoms with Crippen LogP contribution in [0.1, 0.15) is 50.6 Å².